The highest BCUT2D eigenvalue weighted by Crippen LogP contribution is 2.40. The van der Waals surface area contributed by atoms with Gasteiger partial charge in [-0.1, -0.05) is 121 Å². The largest absolute Gasteiger partial charge is 0.469 e. The Bertz CT molecular complexity index is 3260. The second-order valence-electron chi connectivity index (χ2n) is 21.6. The molecule has 6 aromatic carbocycles. The lowest BCUT2D eigenvalue weighted by molar-refractivity contribution is -0.213. The summed E-state index contributed by atoms with van der Waals surface area (Å²) >= 11 is 0. The molecule has 0 aliphatic heterocycles. The molecule has 26 heteroatoms. The van der Waals surface area contributed by atoms with Crippen LogP contribution in [0.5, 0.6) is 0 Å². The number of carbonyl (C=O) groups excluding carboxylic acids is 4. The fraction of sp³-hybridized carbons (Fsp3) is 0.294. The number of hydrogen-bond acceptors (Lipinski definition) is 12. The summed E-state index contributed by atoms with van der Waals surface area (Å²) in [4.78, 5) is 58.1. The summed E-state index contributed by atoms with van der Waals surface area (Å²) in [5.41, 5.74) is -6.80. The van der Waals surface area contributed by atoms with Gasteiger partial charge in [-0.05, 0) is 107 Å². The topological polar surface area (TPSA) is 162 Å². The molecule has 0 saturated heterocycles. The number of alkyl halides is 12. The number of amides is 2. The molecule has 14 nitrogen and oxygen atoms in total. The molecule has 94 heavy (non-hydrogen) atoms. The lowest BCUT2D eigenvalue weighted by Crippen LogP contribution is -2.53. The summed E-state index contributed by atoms with van der Waals surface area (Å²) in [6.07, 6.45) is -20.8. The number of rotatable bonds is 32. The second-order valence-corrected chi connectivity index (χ2v) is 21.6. The lowest BCUT2D eigenvalue weighted by Gasteiger charge is -2.36. The van der Waals surface area contributed by atoms with Crippen molar-refractivity contribution in [2.24, 2.45) is 0 Å². The first kappa shape index (κ1) is 70.6. The molecule has 2 amide bonds. The fourth-order valence-electron chi connectivity index (χ4n) is 10.5. The molecule has 8 rings (SSSR count). The van der Waals surface area contributed by atoms with Crippen LogP contribution in [-0.2, 0) is 88.9 Å². The van der Waals surface area contributed by atoms with Gasteiger partial charge in [0.15, 0.2) is 0 Å². The van der Waals surface area contributed by atoms with Crippen molar-refractivity contribution in [2.75, 3.05) is 26.4 Å². The molecule has 0 radical (unpaired) electrons. The van der Waals surface area contributed by atoms with E-state index in [1.807, 2.05) is 0 Å². The summed E-state index contributed by atoms with van der Waals surface area (Å²) in [6, 6.07) is 37.4. The number of esters is 2. The van der Waals surface area contributed by atoms with E-state index in [0.29, 0.717) is 96.5 Å². The number of furan rings is 2. The summed E-state index contributed by atoms with van der Waals surface area (Å²) < 4.78 is 207. The highest BCUT2D eigenvalue weighted by molar-refractivity contribution is 6.29. The molecular weight excluding hydrogens is 1260 g/mol. The molecule has 0 bridgehead atoms. The maximum absolute atomic E-state index is 15.0. The Morgan fingerprint density at radius 1 is 0.426 bits per heavy atom. The first-order chi connectivity index (χ1) is 44.9. The van der Waals surface area contributed by atoms with Gasteiger partial charge in [0, 0.05) is 37.8 Å². The maximum Gasteiger partial charge on any atom is 0.419 e. The van der Waals surface area contributed by atoms with E-state index in [1.54, 1.807) is 146 Å². The molecule has 0 aliphatic carbocycles. The number of nitrogens with zero attached hydrogens (tertiary/aromatic N) is 2. The zero-order valence-corrected chi connectivity index (χ0v) is 49.7. The van der Waals surface area contributed by atoms with Gasteiger partial charge in [0.05, 0.1) is 73.4 Å². The molecule has 8 aromatic rings. The van der Waals surface area contributed by atoms with Crippen LogP contribution in [0.2, 0.25) is 0 Å². The number of carbonyl (C=O) groups is 4. The van der Waals surface area contributed by atoms with Crippen molar-refractivity contribution in [3.63, 3.8) is 0 Å². The Kier molecular flexibility index (Phi) is 24.5. The van der Waals surface area contributed by atoms with E-state index in [2.05, 4.69) is 10.6 Å². The average molecular weight is 1320 g/mol. The normalized spacial score (nSPS) is 13.5. The van der Waals surface area contributed by atoms with E-state index in [9.17, 15) is 71.9 Å². The van der Waals surface area contributed by atoms with E-state index < -0.39 is 133 Å². The van der Waals surface area contributed by atoms with E-state index in [-0.39, 0.29) is 25.2 Å². The summed E-state index contributed by atoms with van der Waals surface area (Å²) in [7, 11) is 0. The lowest BCUT2D eigenvalue weighted by atomic mass is 9.84. The van der Waals surface area contributed by atoms with E-state index in [0.717, 1.165) is 0 Å². The van der Waals surface area contributed by atoms with Gasteiger partial charge in [0.2, 0.25) is 25.4 Å². The number of aryl methyl sites for hydroxylation is 2. The smallest absolute Gasteiger partial charge is 0.419 e. The zero-order valence-electron chi connectivity index (χ0n) is 49.7. The summed E-state index contributed by atoms with van der Waals surface area (Å²) in [6.45, 7) is -3.17. The Balaban J connectivity index is 1.24. The van der Waals surface area contributed by atoms with Crippen molar-refractivity contribution >= 4 is 24.8 Å². The van der Waals surface area contributed by atoms with Crippen molar-refractivity contribution in [3.05, 3.63) is 262 Å². The molecular formula is C68H62F12N4O10. The van der Waals surface area contributed by atoms with Gasteiger partial charge >= 0.3 is 36.6 Å². The molecule has 0 spiro atoms. The molecule has 2 N–H and O–H groups in total. The second kappa shape index (κ2) is 32.5. The van der Waals surface area contributed by atoms with Gasteiger partial charge < -0.3 is 37.6 Å². The van der Waals surface area contributed by atoms with E-state index >= 15 is 0 Å². The molecule has 0 saturated carbocycles. The number of benzene rings is 6. The van der Waals surface area contributed by atoms with Crippen LogP contribution >= 0.6 is 0 Å². The Labute approximate surface area is 531 Å². The first-order valence-electron chi connectivity index (χ1n) is 29.2. The number of nitrogens with one attached hydrogen (secondary N) is 2. The number of hydrogen-bond donors (Lipinski definition) is 2. The molecule has 4 atom stereocenters. The van der Waals surface area contributed by atoms with Crippen LogP contribution in [-0.4, -0.2) is 85.6 Å². The highest BCUT2D eigenvalue weighted by atomic mass is 19.4. The minimum atomic E-state index is -5.34. The van der Waals surface area contributed by atoms with Gasteiger partial charge in [0.25, 0.3) is 0 Å². The summed E-state index contributed by atoms with van der Waals surface area (Å²) in [5.74, 6) is -5.07. The van der Waals surface area contributed by atoms with Crippen molar-refractivity contribution in [1.29, 1.82) is 0 Å². The van der Waals surface area contributed by atoms with Crippen LogP contribution < -0.4 is 10.6 Å². The monoisotopic (exact) mass is 1320 g/mol. The number of halogens is 12. The molecule has 4 unspecified atom stereocenters. The molecule has 0 aliphatic rings. The van der Waals surface area contributed by atoms with Crippen molar-refractivity contribution in [2.45, 2.75) is 100 Å². The quantitative estimate of drug-likeness (QED) is 0.0135. The number of ether oxygens (including phenoxy) is 4. The first-order valence-corrected chi connectivity index (χ1v) is 29.2. The van der Waals surface area contributed by atoms with Gasteiger partial charge in [0.1, 0.15) is 11.5 Å². The fourth-order valence-corrected chi connectivity index (χ4v) is 10.5. The maximum atomic E-state index is 15.0. The molecule has 0 fully saturated rings. The Hall–Kier alpha value is -9.24. The van der Waals surface area contributed by atoms with E-state index in [4.69, 9.17) is 27.8 Å². The average Bonchev–Trinajstić information content (AvgIpc) is 0.913. The van der Waals surface area contributed by atoms with Crippen LogP contribution in [0, 0.1) is 0 Å². The standard InChI is InChI=1S/C68H62F12N4O10/c69-65(70,71)51-33-45(34-52(37-51)66(72,73)74)39-91-63(59(81-41-83(43-85)29-13-25-55-27-15-31-89-55)57(47-17-5-1-6-18-47)48-19-7-2-8-20-48)93-61(87)62(88)94-64(92-40-46-35-53(67(75,76)77)38-54(36-46)68(78,79)80)60(82-42-84(44-86)30-14-26-56-28-16-32-90-56)58(49-21-9-3-10-22-49)50-23-11-4-12-24-50/h1-12,15-24,27-28,31-38,43-44,57-60,63-64,81-82H,13-14,25-26,29-30,39-42H2. The highest BCUT2D eigenvalue weighted by Gasteiger charge is 2.43. The predicted octanol–water partition coefficient (Wildman–Crippen LogP) is 14.1. The van der Waals surface area contributed by atoms with E-state index in [1.165, 1.54) is 22.3 Å². The molecule has 2 aromatic heterocycles. The SMILES string of the molecule is O=CN(CCCc1ccco1)CNC(C(OCc1cc(C(F)(F)F)cc(C(F)(F)F)c1)OC(=O)C(=O)OC(OCc1cc(C(F)(F)F)cc(C(F)(F)F)c1)C(NCN(C=O)CCCc1ccco1)C(c1ccccc1)c1ccccc1)C(c1ccccc1)c1ccccc1. The van der Waals surface area contributed by atoms with Crippen LogP contribution in [0.1, 0.15) is 91.8 Å². The Morgan fingerprint density at radius 3 is 0.979 bits per heavy atom. The minimum absolute atomic E-state index is 0.0461. The third kappa shape index (κ3) is 20.4. The van der Waals surface area contributed by atoms with Crippen LogP contribution in [0.15, 0.2) is 203 Å². The van der Waals surface area contributed by atoms with Crippen molar-refractivity contribution < 1.29 is 99.6 Å². The van der Waals surface area contributed by atoms with Crippen LogP contribution in [0.3, 0.4) is 0 Å². The van der Waals surface area contributed by atoms with Crippen molar-refractivity contribution in [1.82, 2.24) is 20.4 Å². The third-order valence-corrected chi connectivity index (χ3v) is 14.9. The third-order valence-electron chi connectivity index (χ3n) is 14.9. The molecule has 498 valence electrons. The van der Waals surface area contributed by atoms with Gasteiger partial charge in [-0.3, -0.25) is 20.2 Å². The predicted molar refractivity (Wildman–Crippen MR) is 315 cm³/mol. The summed E-state index contributed by atoms with van der Waals surface area (Å²) in [5, 5.41) is 6.24. The molecule has 2 heterocycles. The Morgan fingerprint density at radius 2 is 0.723 bits per heavy atom. The minimum Gasteiger partial charge on any atom is -0.469 e. The van der Waals surface area contributed by atoms with Crippen LogP contribution in [0.4, 0.5) is 52.7 Å². The van der Waals surface area contributed by atoms with Gasteiger partial charge in [-0.2, -0.15) is 52.7 Å². The van der Waals surface area contributed by atoms with Crippen molar-refractivity contribution in [3.8, 4) is 0 Å². The van der Waals surface area contributed by atoms with Gasteiger partial charge in [-0.15, -0.1) is 0 Å². The van der Waals surface area contributed by atoms with Crippen LogP contribution in [0.25, 0.3) is 0 Å². The van der Waals surface area contributed by atoms with Gasteiger partial charge in [-0.25, -0.2) is 9.59 Å². The zero-order chi connectivity index (χ0) is 67.5.